The van der Waals surface area contributed by atoms with Crippen LogP contribution in [0.1, 0.15) is 50.5 Å². The molecule has 0 saturated carbocycles. The second-order valence-electron chi connectivity index (χ2n) is 6.97. The van der Waals surface area contributed by atoms with E-state index in [0.29, 0.717) is 5.56 Å². The maximum absolute atomic E-state index is 12.8. The van der Waals surface area contributed by atoms with Crippen LogP contribution in [-0.4, -0.2) is 34.6 Å². The second-order valence-corrected chi connectivity index (χ2v) is 6.97. The summed E-state index contributed by atoms with van der Waals surface area (Å²) < 4.78 is 0. The van der Waals surface area contributed by atoms with Gasteiger partial charge in [0.2, 0.25) is 0 Å². The fourth-order valence-corrected chi connectivity index (χ4v) is 3.27. The summed E-state index contributed by atoms with van der Waals surface area (Å²) in [5.41, 5.74) is 6.44. The smallest absolute Gasteiger partial charge is 0.269 e. The Bertz CT molecular complexity index is 933. The normalized spacial score (nSPS) is 14.1. The van der Waals surface area contributed by atoms with E-state index in [1.165, 1.54) is 0 Å². The summed E-state index contributed by atoms with van der Waals surface area (Å²) in [6.07, 6.45) is 0. The molecule has 2 N–H and O–H groups in total. The quantitative estimate of drug-likeness (QED) is 0.628. The number of aryl methyl sites for hydroxylation is 1. The predicted octanol–water partition coefficient (Wildman–Crippen LogP) is 2.08. The number of amides is 4. The van der Waals surface area contributed by atoms with Gasteiger partial charge in [-0.05, 0) is 36.6 Å². The van der Waals surface area contributed by atoms with Crippen LogP contribution in [0.4, 0.5) is 0 Å². The molecule has 0 fully saturated rings. The van der Waals surface area contributed by atoms with Gasteiger partial charge in [0, 0.05) is 5.56 Å². The van der Waals surface area contributed by atoms with Crippen molar-refractivity contribution in [3.63, 3.8) is 0 Å². The van der Waals surface area contributed by atoms with E-state index in [2.05, 4.69) is 10.9 Å². The summed E-state index contributed by atoms with van der Waals surface area (Å²) in [4.78, 5) is 51.4. The van der Waals surface area contributed by atoms with Crippen molar-refractivity contribution in [3.05, 3.63) is 70.8 Å². The standard InChI is InChI=1S/C21H21N3O4/c1-12(2)17(24-20(27)15-10-6-7-11-16(15)21(24)28)19(26)23-22-18(25)14-9-5-4-8-13(14)3/h4-12,17H,1-3H3,(H,22,25)(H,23,26)/t17-/m1/s1. The summed E-state index contributed by atoms with van der Waals surface area (Å²) in [5, 5.41) is 0. The van der Waals surface area contributed by atoms with Crippen molar-refractivity contribution >= 4 is 23.6 Å². The van der Waals surface area contributed by atoms with E-state index >= 15 is 0 Å². The summed E-state index contributed by atoms with van der Waals surface area (Å²) >= 11 is 0. The van der Waals surface area contributed by atoms with Crippen molar-refractivity contribution in [2.24, 2.45) is 5.92 Å². The Morgan fingerprint density at radius 2 is 1.39 bits per heavy atom. The van der Waals surface area contributed by atoms with Crippen molar-refractivity contribution in [1.29, 1.82) is 0 Å². The first kappa shape index (κ1) is 19.3. The molecule has 2 aromatic carbocycles. The number of imide groups is 1. The number of benzene rings is 2. The Morgan fingerprint density at radius 3 is 1.93 bits per heavy atom. The third kappa shape index (κ3) is 3.38. The fraction of sp³-hybridized carbons (Fsp3) is 0.238. The van der Waals surface area contributed by atoms with E-state index in [0.717, 1.165) is 10.5 Å². The molecular formula is C21H21N3O4. The number of nitrogens with one attached hydrogen (secondary N) is 2. The molecule has 7 nitrogen and oxygen atoms in total. The molecule has 0 bridgehead atoms. The zero-order chi connectivity index (χ0) is 20.4. The van der Waals surface area contributed by atoms with Gasteiger partial charge in [-0.2, -0.15) is 0 Å². The average Bonchev–Trinajstić information content (AvgIpc) is 2.92. The maximum Gasteiger partial charge on any atom is 0.269 e. The Morgan fingerprint density at radius 1 is 0.857 bits per heavy atom. The SMILES string of the molecule is Cc1ccccc1C(=O)NNC(=O)[C@@H](C(C)C)N1C(=O)c2ccccc2C1=O. The molecule has 7 heteroatoms. The molecule has 0 saturated heterocycles. The first-order valence-electron chi connectivity index (χ1n) is 8.95. The van der Waals surface area contributed by atoms with Crippen LogP contribution in [0.2, 0.25) is 0 Å². The summed E-state index contributed by atoms with van der Waals surface area (Å²) in [6.45, 7) is 5.25. The predicted molar refractivity (Wildman–Crippen MR) is 102 cm³/mol. The van der Waals surface area contributed by atoms with Gasteiger partial charge < -0.3 is 0 Å². The molecule has 0 radical (unpaired) electrons. The van der Waals surface area contributed by atoms with Crippen molar-refractivity contribution in [2.45, 2.75) is 26.8 Å². The van der Waals surface area contributed by atoms with Gasteiger partial charge in [0.25, 0.3) is 23.6 Å². The molecule has 4 amide bonds. The van der Waals surface area contributed by atoms with E-state index in [4.69, 9.17) is 0 Å². The van der Waals surface area contributed by atoms with Gasteiger partial charge in [-0.25, -0.2) is 0 Å². The molecule has 144 valence electrons. The number of carbonyl (C=O) groups excluding carboxylic acids is 4. The molecule has 0 aliphatic carbocycles. The average molecular weight is 379 g/mol. The maximum atomic E-state index is 12.8. The van der Waals surface area contributed by atoms with Crippen LogP contribution < -0.4 is 10.9 Å². The topological polar surface area (TPSA) is 95.6 Å². The number of hydrogen-bond donors (Lipinski definition) is 2. The summed E-state index contributed by atoms with van der Waals surface area (Å²) in [6, 6.07) is 12.4. The Hall–Kier alpha value is -3.48. The van der Waals surface area contributed by atoms with Crippen molar-refractivity contribution in [1.82, 2.24) is 15.8 Å². The zero-order valence-electron chi connectivity index (χ0n) is 15.9. The number of carbonyl (C=O) groups is 4. The molecule has 0 aromatic heterocycles. The van der Waals surface area contributed by atoms with Crippen molar-refractivity contribution < 1.29 is 19.2 Å². The molecule has 0 spiro atoms. The lowest BCUT2D eigenvalue weighted by Crippen LogP contribution is -2.56. The van der Waals surface area contributed by atoms with Crippen LogP contribution in [0.15, 0.2) is 48.5 Å². The summed E-state index contributed by atoms with van der Waals surface area (Å²) in [5.74, 6) is -2.49. The lowest BCUT2D eigenvalue weighted by molar-refractivity contribution is -0.127. The van der Waals surface area contributed by atoms with Crippen molar-refractivity contribution in [2.75, 3.05) is 0 Å². The van der Waals surface area contributed by atoms with Gasteiger partial charge in [-0.1, -0.05) is 44.2 Å². The molecular weight excluding hydrogens is 358 g/mol. The van der Waals surface area contributed by atoms with Crippen LogP contribution in [0.3, 0.4) is 0 Å². The third-order valence-electron chi connectivity index (χ3n) is 4.69. The first-order valence-corrected chi connectivity index (χ1v) is 8.95. The summed E-state index contributed by atoms with van der Waals surface area (Å²) in [7, 11) is 0. The van der Waals surface area contributed by atoms with Crippen molar-refractivity contribution in [3.8, 4) is 0 Å². The Labute approximate surface area is 162 Å². The number of rotatable bonds is 4. The zero-order valence-corrected chi connectivity index (χ0v) is 15.9. The van der Waals surface area contributed by atoms with Crippen LogP contribution in [0, 0.1) is 12.8 Å². The van der Waals surface area contributed by atoms with Gasteiger partial charge in [0.1, 0.15) is 6.04 Å². The van der Waals surface area contributed by atoms with Crippen LogP contribution >= 0.6 is 0 Å². The van der Waals surface area contributed by atoms with E-state index in [1.54, 1.807) is 63.2 Å². The minimum Gasteiger partial charge on any atom is -0.271 e. The highest BCUT2D eigenvalue weighted by molar-refractivity contribution is 6.22. The molecule has 2 aromatic rings. The molecule has 1 aliphatic rings. The largest absolute Gasteiger partial charge is 0.271 e. The lowest BCUT2D eigenvalue weighted by atomic mass is 10.0. The molecule has 3 rings (SSSR count). The molecule has 0 unspecified atom stereocenters. The monoisotopic (exact) mass is 379 g/mol. The highest BCUT2D eigenvalue weighted by atomic mass is 16.2. The highest BCUT2D eigenvalue weighted by Gasteiger charge is 2.44. The Balaban J connectivity index is 1.77. The number of nitrogens with zero attached hydrogens (tertiary/aromatic N) is 1. The molecule has 1 atom stereocenters. The second kappa shape index (κ2) is 7.64. The van der Waals surface area contributed by atoms with Crippen LogP contribution in [0.5, 0.6) is 0 Å². The minimum absolute atomic E-state index is 0.273. The van der Waals surface area contributed by atoms with Gasteiger partial charge in [0.05, 0.1) is 11.1 Å². The van der Waals surface area contributed by atoms with Gasteiger partial charge >= 0.3 is 0 Å². The molecule has 1 heterocycles. The Kier molecular flexibility index (Phi) is 5.26. The van der Waals surface area contributed by atoms with E-state index in [-0.39, 0.29) is 17.0 Å². The van der Waals surface area contributed by atoms with E-state index < -0.39 is 29.7 Å². The van der Waals surface area contributed by atoms with E-state index in [9.17, 15) is 19.2 Å². The highest BCUT2D eigenvalue weighted by Crippen LogP contribution is 2.27. The number of hydrogen-bond acceptors (Lipinski definition) is 4. The van der Waals surface area contributed by atoms with Crippen LogP contribution in [-0.2, 0) is 4.79 Å². The fourth-order valence-electron chi connectivity index (χ4n) is 3.27. The molecule has 1 aliphatic heterocycles. The van der Waals surface area contributed by atoms with Gasteiger partial charge in [-0.3, -0.25) is 34.9 Å². The van der Waals surface area contributed by atoms with Gasteiger partial charge in [-0.15, -0.1) is 0 Å². The first-order chi connectivity index (χ1) is 13.3. The third-order valence-corrected chi connectivity index (χ3v) is 4.69. The van der Waals surface area contributed by atoms with E-state index in [1.807, 2.05) is 6.07 Å². The minimum atomic E-state index is -1.05. The lowest BCUT2D eigenvalue weighted by Gasteiger charge is -2.28. The van der Waals surface area contributed by atoms with Crippen LogP contribution in [0.25, 0.3) is 0 Å². The van der Waals surface area contributed by atoms with Gasteiger partial charge in [0.15, 0.2) is 0 Å². The number of hydrazine groups is 1. The number of fused-ring (bicyclic) bond motifs is 1. The molecule has 28 heavy (non-hydrogen) atoms.